The Balaban J connectivity index is 1.49. The number of piperazine rings is 1. The van der Waals surface area contributed by atoms with E-state index in [0.717, 1.165) is 17.1 Å². The van der Waals surface area contributed by atoms with Gasteiger partial charge in [0.25, 0.3) is 0 Å². The van der Waals surface area contributed by atoms with Gasteiger partial charge in [0, 0.05) is 37.8 Å². The predicted octanol–water partition coefficient (Wildman–Crippen LogP) is 4.38. The number of ether oxygens (including phenoxy) is 2. The highest BCUT2D eigenvalue weighted by molar-refractivity contribution is 7.89. The number of aryl methyl sites for hydroxylation is 3. The van der Waals surface area contributed by atoms with Gasteiger partial charge in [0.2, 0.25) is 10.0 Å². The first kappa shape index (κ1) is 25.9. The molecule has 1 aromatic heterocycles. The van der Waals surface area contributed by atoms with Crippen LogP contribution in [-0.4, -0.2) is 62.3 Å². The lowest BCUT2D eigenvalue weighted by molar-refractivity contribution is 0.319. The van der Waals surface area contributed by atoms with Gasteiger partial charge in [-0.25, -0.2) is 8.42 Å². The van der Waals surface area contributed by atoms with E-state index in [-0.39, 0.29) is 4.90 Å². The summed E-state index contributed by atoms with van der Waals surface area (Å²) in [4.78, 5) is 2.20. The Labute approximate surface area is 213 Å². The number of hydrogen-bond donors (Lipinski definition) is 0. The number of aromatic nitrogens is 2. The van der Waals surface area contributed by atoms with Crippen molar-refractivity contribution in [3.8, 4) is 22.8 Å². The molecule has 9 heteroatoms. The Morgan fingerprint density at radius 2 is 1.50 bits per heavy atom. The molecule has 8 nitrogen and oxygen atoms in total. The molecule has 0 amide bonds. The molecule has 36 heavy (non-hydrogen) atoms. The molecule has 4 rings (SSSR count). The van der Waals surface area contributed by atoms with E-state index in [1.54, 1.807) is 18.2 Å². The average Bonchev–Trinajstić information content (AvgIpc) is 2.87. The summed E-state index contributed by atoms with van der Waals surface area (Å²) >= 11 is 0. The lowest BCUT2D eigenvalue weighted by Crippen LogP contribution is -2.49. The maximum absolute atomic E-state index is 13.5. The molecule has 0 saturated carbocycles. The van der Waals surface area contributed by atoms with Gasteiger partial charge in [-0.15, -0.1) is 10.2 Å². The summed E-state index contributed by atoms with van der Waals surface area (Å²) in [5.74, 6) is 1.59. The van der Waals surface area contributed by atoms with Gasteiger partial charge < -0.3 is 14.4 Å². The lowest BCUT2D eigenvalue weighted by Gasteiger charge is -2.34. The number of benzene rings is 2. The molecule has 192 valence electrons. The fourth-order valence-corrected chi connectivity index (χ4v) is 5.96. The maximum Gasteiger partial charge on any atom is 0.247 e. The Hall–Kier alpha value is -3.17. The van der Waals surface area contributed by atoms with Gasteiger partial charge in [0.15, 0.2) is 5.82 Å². The molecule has 1 aliphatic rings. The third kappa shape index (κ3) is 5.32. The van der Waals surface area contributed by atoms with E-state index in [2.05, 4.69) is 48.0 Å². The Kier molecular flexibility index (Phi) is 7.80. The van der Waals surface area contributed by atoms with Crippen LogP contribution in [0.4, 0.5) is 5.82 Å². The van der Waals surface area contributed by atoms with E-state index in [1.807, 2.05) is 26.0 Å². The molecule has 0 spiro atoms. The summed E-state index contributed by atoms with van der Waals surface area (Å²) in [5.41, 5.74) is 5.55. The summed E-state index contributed by atoms with van der Waals surface area (Å²) in [7, 11) is -3.75. The van der Waals surface area contributed by atoms with Crippen LogP contribution in [0.2, 0.25) is 0 Å². The zero-order valence-electron chi connectivity index (χ0n) is 21.6. The number of nitrogens with zero attached hydrogens (tertiary/aromatic N) is 4. The molecular weight excluding hydrogens is 476 g/mol. The van der Waals surface area contributed by atoms with Gasteiger partial charge in [-0.05, 0) is 81.6 Å². The third-order valence-corrected chi connectivity index (χ3v) is 8.39. The monoisotopic (exact) mass is 510 g/mol. The number of hydrogen-bond acceptors (Lipinski definition) is 7. The minimum absolute atomic E-state index is 0.136. The van der Waals surface area contributed by atoms with Crippen molar-refractivity contribution in [3.05, 3.63) is 59.2 Å². The molecule has 2 aromatic carbocycles. The molecular formula is C27H34N4O4S. The first-order chi connectivity index (χ1) is 17.2. The van der Waals surface area contributed by atoms with Gasteiger partial charge >= 0.3 is 0 Å². The molecule has 0 radical (unpaired) electrons. The normalized spacial score (nSPS) is 14.6. The third-order valence-electron chi connectivity index (χ3n) is 6.47. The zero-order valence-corrected chi connectivity index (χ0v) is 22.4. The molecule has 0 unspecified atom stereocenters. The highest BCUT2D eigenvalue weighted by Crippen LogP contribution is 2.32. The second-order valence-electron chi connectivity index (χ2n) is 8.89. The van der Waals surface area contributed by atoms with Crippen LogP contribution >= 0.6 is 0 Å². The van der Waals surface area contributed by atoms with Gasteiger partial charge in [0.05, 0.1) is 18.9 Å². The molecule has 1 fully saturated rings. The Bertz CT molecular complexity index is 1320. The van der Waals surface area contributed by atoms with Crippen LogP contribution in [0.3, 0.4) is 0 Å². The second-order valence-corrected chi connectivity index (χ2v) is 10.8. The summed E-state index contributed by atoms with van der Waals surface area (Å²) in [6.07, 6.45) is 0. The minimum Gasteiger partial charge on any atom is -0.494 e. The highest BCUT2D eigenvalue weighted by Gasteiger charge is 2.32. The van der Waals surface area contributed by atoms with Crippen LogP contribution < -0.4 is 14.4 Å². The topological polar surface area (TPSA) is 84.9 Å². The molecule has 0 aliphatic carbocycles. The van der Waals surface area contributed by atoms with Crippen LogP contribution in [-0.2, 0) is 10.0 Å². The Morgan fingerprint density at radius 3 is 2.14 bits per heavy atom. The predicted molar refractivity (Wildman–Crippen MR) is 141 cm³/mol. The summed E-state index contributed by atoms with van der Waals surface area (Å²) in [6.45, 7) is 12.5. The highest BCUT2D eigenvalue weighted by atomic mass is 32.2. The second kappa shape index (κ2) is 10.8. The Morgan fingerprint density at radius 1 is 0.806 bits per heavy atom. The molecule has 0 atom stereocenters. The lowest BCUT2D eigenvalue weighted by atomic mass is 9.99. The first-order valence-corrected chi connectivity index (χ1v) is 13.7. The molecule has 2 heterocycles. The van der Waals surface area contributed by atoms with Crippen molar-refractivity contribution in [2.45, 2.75) is 39.5 Å². The van der Waals surface area contributed by atoms with Gasteiger partial charge in [-0.1, -0.05) is 6.07 Å². The molecule has 0 bridgehead atoms. The van der Waals surface area contributed by atoms with Crippen molar-refractivity contribution in [1.82, 2.24) is 14.5 Å². The van der Waals surface area contributed by atoms with Crippen LogP contribution in [0.1, 0.15) is 30.5 Å². The standard InChI is InChI=1S/C27H34N4O4S/c1-6-34-22-8-10-25(35-7-2)26(18-22)36(32,33)31-14-12-30(13-15-31)27-11-9-24(28-29-27)23-17-20(4)19(3)16-21(23)5/h8-11,16-18H,6-7,12-15H2,1-5H3. The maximum atomic E-state index is 13.5. The minimum atomic E-state index is -3.75. The van der Waals surface area contributed by atoms with Gasteiger partial charge in [-0.2, -0.15) is 4.31 Å². The fourth-order valence-electron chi connectivity index (χ4n) is 4.39. The first-order valence-electron chi connectivity index (χ1n) is 12.3. The van der Waals surface area contributed by atoms with E-state index in [1.165, 1.54) is 21.0 Å². The van der Waals surface area contributed by atoms with Crippen molar-refractivity contribution in [1.29, 1.82) is 0 Å². The average molecular weight is 511 g/mol. The van der Waals surface area contributed by atoms with Crippen molar-refractivity contribution < 1.29 is 17.9 Å². The smallest absolute Gasteiger partial charge is 0.247 e. The van der Waals surface area contributed by atoms with Crippen molar-refractivity contribution >= 4 is 15.8 Å². The summed E-state index contributed by atoms with van der Waals surface area (Å²) in [5, 5.41) is 8.94. The van der Waals surface area contributed by atoms with Crippen molar-refractivity contribution in [2.75, 3.05) is 44.3 Å². The SMILES string of the molecule is CCOc1ccc(OCC)c(S(=O)(=O)N2CCN(c3ccc(-c4cc(C)c(C)cc4C)nn3)CC2)c1. The molecule has 3 aromatic rings. The van der Waals surface area contributed by atoms with Crippen LogP contribution in [0, 0.1) is 20.8 Å². The van der Waals surface area contributed by atoms with E-state index in [9.17, 15) is 8.42 Å². The fraction of sp³-hybridized carbons (Fsp3) is 0.407. The largest absolute Gasteiger partial charge is 0.494 e. The number of rotatable bonds is 8. The molecule has 1 aliphatic heterocycles. The van der Waals surface area contributed by atoms with Gasteiger partial charge in [-0.3, -0.25) is 0 Å². The van der Waals surface area contributed by atoms with Crippen LogP contribution in [0.15, 0.2) is 47.4 Å². The van der Waals surface area contributed by atoms with E-state index < -0.39 is 10.0 Å². The number of sulfonamides is 1. The van der Waals surface area contributed by atoms with E-state index >= 15 is 0 Å². The van der Waals surface area contributed by atoms with Crippen molar-refractivity contribution in [2.24, 2.45) is 0 Å². The summed E-state index contributed by atoms with van der Waals surface area (Å²) in [6, 6.07) is 13.2. The van der Waals surface area contributed by atoms with Crippen LogP contribution in [0.5, 0.6) is 11.5 Å². The molecule has 0 N–H and O–H groups in total. The van der Waals surface area contributed by atoms with Gasteiger partial charge in [0.1, 0.15) is 16.4 Å². The molecule has 1 saturated heterocycles. The zero-order chi connectivity index (χ0) is 25.9. The quantitative estimate of drug-likeness (QED) is 0.445. The number of anilines is 1. The summed E-state index contributed by atoms with van der Waals surface area (Å²) < 4.78 is 39.7. The van der Waals surface area contributed by atoms with E-state index in [4.69, 9.17) is 9.47 Å². The van der Waals surface area contributed by atoms with Crippen molar-refractivity contribution in [3.63, 3.8) is 0 Å². The van der Waals surface area contributed by atoms with E-state index in [0.29, 0.717) is 50.9 Å². The van der Waals surface area contributed by atoms with Crippen LogP contribution in [0.25, 0.3) is 11.3 Å².